The van der Waals surface area contributed by atoms with Crippen molar-refractivity contribution in [2.45, 2.75) is 13.0 Å². The molecule has 0 radical (unpaired) electrons. The lowest BCUT2D eigenvalue weighted by atomic mass is 10.1. The van der Waals surface area contributed by atoms with Crippen molar-refractivity contribution in [2.24, 2.45) is 0 Å². The lowest BCUT2D eigenvalue weighted by Crippen LogP contribution is -2.18. The third kappa shape index (κ3) is 3.88. The zero-order valence-corrected chi connectivity index (χ0v) is 16.6. The summed E-state index contributed by atoms with van der Waals surface area (Å²) in [4.78, 5) is 12.9. The van der Waals surface area contributed by atoms with Gasteiger partial charge in [0, 0.05) is 11.6 Å². The van der Waals surface area contributed by atoms with Crippen LogP contribution in [0.25, 0.3) is 10.2 Å². The largest absolute Gasteiger partial charge is 0.335 e. The number of benzene rings is 2. The Labute approximate surface area is 171 Å². The van der Waals surface area contributed by atoms with E-state index >= 15 is 0 Å². The second-order valence-electron chi connectivity index (χ2n) is 6.17. The lowest BCUT2D eigenvalue weighted by Gasteiger charge is -2.12. The first-order valence-corrected chi connectivity index (χ1v) is 10.1. The summed E-state index contributed by atoms with van der Waals surface area (Å²) in [5.41, 5.74) is 3.48. The number of fused-ring (bicyclic) bond motifs is 1. The van der Waals surface area contributed by atoms with Gasteiger partial charge < -0.3 is 9.88 Å². The Kier molecular flexibility index (Phi) is 5.21. The van der Waals surface area contributed by atoms with E-state index in [0.717, 1.165) is 23.2 Å². The van der Waals surface area contributed by atoms with Gasteiger partial charge in [-0.2, -0.15) is 0 Å². The van der Waals surface area contributed by atoms with Crippen LogP contribution in [-0.2, 0) is 13.0 Å². The van der Waals surface area contributed by atoms with Gasteiger partial charge in [-0.25, -0.2) is 0 Å². The number of anilines is 1. The van der Waals surface area contributed by atoms with Crippen molar-refractivity contribution in [2.75, 3.05) is 5.32 Å². The number of nitrogens with one attached hydrogen (secondary N) is 1. The second-order valence-corrected chi connectivity index (χ2v) is 7.96. The van der Waals surface area contributed by atoms with Gasteiger partial charge in [0.1, 0.15) is 5.69 Å². The maximum atomic E-state index is 12.9. The number of halogens is 2. The molecule has 27 heavy (non-hydrogen) atoms. The number of aromatic nitrogens is 1. The number of amides is 1. The Hall–Kier alpha value is -2.27. The van der Waals surface area contributed by atoms with Crippen molar-refractivity contribution >= 4 is 56.3 Å². The molecule has 136 valence electrons. The first-order valence-electron chi connectivity index (χ1n) is 8.49. The van der Waals surface area contributed by atoms with E-state index < -0.39 is 0 Å². The molecular formula is C21H16Cl2N2OS. The predicted molar refractivity (Wildman–Crippen MR) is 114 cm³/mol. The van der Waals surface area contributed by atoms with Crippen LogP contribution in [0, 0.1) is 0 Å². The summed E-state index contributed by atoms with van der Waals surface area (Å²) in [7, 11) is 0. The third-order valence-corrected chi connectivity index (χ3v) is 5.80. The lowest BCUT2D eigenvalue weighted by molar-refractivity contribution is 0.101. The van der Waals surface area contributed by atoms with E-state index in [2.05, 4.69) is 28.1 Å². The van der Waals surface area contributed by atoms with Crippen molar-refractivity contribution in [1.82, 2.24) is 4.57 Å². The summed E-state index contributed by atoms with van der Waals surface area (Å²) >= 11 is 13.8. The fraction of sp³-hybridized carbons (Fsp3) is 0.0952. The van der Waals surface area contributed by atoms with E-state index in [0.29, 0.717) is 21.4 Å². The molecule has 0 atom stereocenters. The van der Waals surface area contributed by atoms with Crippen LogP contribution in [-0.4, -0.2) is 10.5 Å². The van der Waals surface area contributed by atoms with Crippen molar-refractivity contribution < 1.29 is 4.79 Å². The van der Waals surface area contributed by atoms with Gasteiger partial charge in [0.05, 0.1) is 20.9 Å². The predicted octanol–water partition coefficient (Wildman–Crippen LogP) is 6.50. The number of hydrogen-bond donors (Lipinski definition) is 1. The molecular weight excluding hydrogens is 399 g/mol. The van der Waals surface area contributed by atoms with Gasteiger partial charge >= 0.3 is 0 Å². The van der Waals surface area contributed by atoms with Gasteiger partial charge in [-0.1, -0.05) is 53.5 Å². The van der Waals surface area contributed by atoms with Crippen LogP contribution in [0.5, 0.6) is 0 Å². The molecule has 4 aromatic rings. The Balaban J connectivity index is 1.62. The monoisotopic (exact) mass is 414 g/mol. The fourth-order valence-electron chi connectivity index (χ4n) is 3.07. The summed E-state index contributed by atoms with van der Waals surface area (Å²) in [6, 6.07) is 19.3. The van der Waals surface area contributed by atoms with Crippen LogP contribution < -0.4 is 5.32 Å². The highest BCUT2D eigenvalue weighted by atomic mass is 35.5. The highest BCUT2D eigenvalue weighted by Gasteiger charge is 2.17. The first-order chi connectivity index (χ1) is 13.1. The molecule has 0 spiro atoms. The minimum Gasteiger partial charge on any atom is -0.335 e. The van der Waals surface area contributed by atoms with Crippen molar-refractivity contribution in [1.29, 1.82) is 0 Å². The number of thiophene rings is 1. The van der Waals surface area contributed by atoms with E-state index in [1.54, 1.807) is 29.5 Å². The maximum absolute atomic E-state index is 12.9. The fourth-order valence-corrected chi connectivity index (χ4v) is 4.35. The normalized spacial score (nSPS) is 11.0. The number of carbonyl (C=O) groups excluding carboxylic acids is 1. The van der Waals surface area contributed by atoms with Crippen LogP contribution in [0.1, 0.15) is 16.1 Å². The number of nitrogens with zero attached hydrogens (tertiary/aromatic N) is 1. The van der Waals surface area contributed by atoms with Crippen LogP contribution in [0.3, 0.4) is 0 Å². The van der Waals surface area contributed by atoms with Crippen molar-refractivity contribution in [3.8, 4) is 0 Å². The Morgan fingerprint density at radius 2 is 1.85 bits per heavy atom. The first kappa shape index (κ1) is 18.1. The highest BCUT2D eigenvalue weighted by molar-refractivity contribution is 7.17. The molecule has 4 rings (SSSR count). The maximum Gasteiger partial charge on any atom is 0.272 e. The molecule has 1 N–H and O–H groups in total. The molecule has 0 aliphatic carbocycles. The Morgan fingerprint density at radius 3 is 2.63 bits per heavy atom. The van der Waals surface area contributed by atoms with Crippen molar-refractivity contribution in [3.63, 3.8) is 0 Å². The Bertz CT molecular complexity index is 1100. The summed E-state index contributed by atoms with van der Waals surface area (Å²) in [5, 5.41) is 5.89. The molecule has 2 aromatic carbocycles. The third-order valence-electron chi connectivity index (χ3n) is 4.40. The molecule has 0 saturated heterocycles. The summed E-state index contributed by atoms with van der Waals surface area (Å²) in [6.45, 7) is 0.724. The molecule has 6 heteroatoms. The van der Waals surface area contributed by atoms with Gasteiger partial charge in [-0.3, -0.25) is 4.79 Å². The summed E-state index contributed by atoms with van der Waals surface area (Å²) < 4.78 is 3.16. The average molecular weight is 415 g/mol. The molecule has 0 saturated carbocycles. The molecule has 0 unspecified atom stereocenters. The summed E-state index contributed by atoms with van der Waals surface area (Å²) in [6.07, 6.45) is 0.850. The van der Waals surface area contributed by atoms with E-state index in [9.17, 15) is 4.79 Å². The minimum atomic E-state index is -0.185. The molecule has 0 bridgehead atoms. The number of hydrogen-bond acceptors (Lipinski definition) is 2. The molecule has 2 heterocycles. The minimum absolute atomic E-state index is 0.185. The molecule has 1 amide bonds. The molecule has 0 aliphatic rings. The SMILES string of the molecule is O=C(Nc1ccc(Cl)cc1Cl)c1cc2sccc2n1CCc1ccccc1. The molecule has 0 fully saturated rings. The van der Waals surface area contributed by atoms with Crippen LogP contribution in [0.15, 0.2) is 66.0 Å². The van der Waals surface area contributed by atoms with Crippen LogP contribution in [0.2, 0.25) is 10.0 Å². The highest BCUT2D eigenvalue weighted by Crippen LogP contribution is 2.29. The van der Waals surface area contributed by atoms with E-state index in [1.165, 1.54) is 5.56 Å². The smallest absolute Gasteiger partial charge is 0.272 e. The molecule has 3 nitrogen and oxygen atoms in total. The second kappa shape index (κ2) is 7.77. The van der Waals surface area contributed by atoms with Crippen molar-refractivity contribution in [3.05, 3.63) is 87.3 Å². The van der Waals surface area contributed by atoms with E-state index in [1.807, 2.05) is 29.6 Å². The average Bonchev–Trinajstić information content (AvgIpc) is 3.24. The van der Waals surface area contributed by atoms with Gasteiger partial charge in [0.2, 0.25) is 0 Å². The quantitative estimate of drug-likeness (QED) is 0.396. The van der Waals surface area contributed by atoms with Gasteiger partial charge in [0.15, 0.2) is 0 Å². The van der Waals surface area contributed by atoms with Gasteiger partial charge in [0.25, 0.3) is 5.91 Å². The zero-order valence-electron chi connectivity index (χ0n) is 14.3. The number of rotatable bonds is 5. The Morgan fingerprint density at radius 1 is 1.04 bits per heavy atom. The van der Waals surface area contributed by atoms with Crippen LogP contribution >= 0.6 is 34.5 Å². The van der Waals surface area contributed by atoms with E-state index in [4.69, 9.17) is 23.2 Å². The molecule has 0 aliphatic heterocycles. The number of carbonyl (C=O) groups is 1. The molecule has 2 aromatic heterocycles. The number of aryl methyl sites for hydroxylation is 2. The van der Waals surface area contributed by atoms with Crippen LogP contribution in [0.4, 0.5) is 5.69 Å². The van der Waals surface area contributed by atoms with E-state index in [-0.39, 0.29) is 5.91 Å². The zero-order chi connectivity index (χ0) is 18.8. The standard InChI is InChI=1S/C21H16Cl2N2OS/c22-15-6-7-17(16(23)12-15)24-21(26)19-13-20-18(9-11-27-20)25(19)10-8-14-4-2-1-3-5-14/h1-7,9,11-13H,8,10H2,(H,24,26). The van der Waals surface area contributed by atoms with Gasteiger partial charge in [-0.15, -0.1) is 11.3 Å². The topological polar surface area (TPSA) is 34.0 Å². The summed E-state index contributed by atoms with van der Waals surface area (Å²) in [5.74, 6) is -0.185. The van der Waals surface area contributed by atoms with Gasteiger partial charge in [-0.05, 0) is 47.7 Å².